The average Bonchev–Trinajstić information content (AvgIpc) is 3.09. The van der Waals surface area contributed by atoms with E-state index in [1.165, 1.54) is 5.56 Å². The van der Waals surface area contributed by atoms with Crippen molar-refractivity contribution in [2.24, 2.45) is 0 Å². The maximum absolute atomic E-state index is 12.0. The summed E-state index contributed by atoms with van der Waals surface area (Å²) >= 11 is 0. The first-order chi connectivity index (χ1) is 13.7. The summed E-state index contributed by atoms with van der Waals surface area (Å²) < 4.78 is 17.5. The molecule has 1 aromatic carbocycles. The summed E-state index contributed by atoms with van der Waals surface area (Å²) in [6.45, 7) is 3.22. The van der Waals surface area contributed by atoms with Gasteiger partial charge in [-0.15, -0.1) is 0 Å². The van der Waals surface area contributed by atoms with Gasteiger partial charge in [0.2, 0.25) is 5.91 Å². The van der Waals surface area contributed by atoms with Crippen molar-refractivity contribution in [3.63, 3.8) is 0 Å². The summed E-state index contributed by atoms with van der Waals surface area (Å²) in [5.41, 5.74) is 1.35. The lowest BCUT2D eigenvalue weighted by molar-refractivity contribution is -0.125. The minimum absolute atomic E-state index is 0.0528. The minimum Gasteiger partial charge on any atom is -0.492 e. The second-order valence-corrected chi connectivity index (χ2v) is 8.19. The number of fused-ring (bicyclic) bond motifs is 5. The molecule has 1 aromatic rings. The van der Waals surface area contributed by atoms with Crippen molar-refractivity contribution in [1.82, 2.24) is 10.2 Å². The molecule has 6 heteroatoms. The molecule has 1 amide bonds. The molecule has 1 saturated carbocycles. The normalized spacial score (nSPS) is 30.9. The van der Waals surface area contributed by atoms with Crippen LogP contribution in [0.3, 0.4) is 0 Å². The highest BCUT2D eigenvalue weighted by Crippen LogP contribution is 2.38. The lowest BCUT2D eigenvalue weighted by atomic mass is 9.82. The van der Waals surface area contributed by atoms with E-state index in [-0.39, 0.29) is 24.6 Å². The van der Waals surface area contributed by atoms with Crippen LogP contribution in [0.5, 0.6) is 5.75 Å². The van der Waals surface area contributed by atoms with E-state index in [0.717, 1.165) is 50.9 Å². The van der Waals surface area contributed by atoms with Crippen LogP contribution in [-0.2, 0) is 14.3 Å². The number of carbonyl (C=O) groups excluding carboxylic acids is 1. The number of ether oxygens (including phenoxy) is 3. The Kier molecular flexibility index (Phi) is 6.50. The molecule has 3 aliphatic heterocycles. The maximum atomic E-state index is 12.0. The second kappa shape index (κ2) is 9.25. The first-order valence-corrected chi connectivity index (χ1v) is 10.6. The van der Waals surface area contributed by atoms with Gasteiger partial charge < -0.3 is 19.5 Å². The highest BCUT2D eigenvalue weighted by atomic mass is 16.5. The van der Waals surface area contributed by atoms with E-state index in [4.69, 9.17) is 14.2 Å². The molecular weight excluding hydrogens is 356 g/mol. The van der Waals surface area contributed by atoms with E-state index < -0.39 is 0 Å². The van der Waals surface area contributed by atoms with Gasteiger partial charge >= 0.3 is 0 Å². The van der Waals surface area contributed by atoms with Crippen LogP contribution in [0.1, 0.15) is 43.6 Å². The van der Waals surface area contributed by atoms with Crippen molar-refractivity contribution in [2.45, 2.75) is 56.2 Å². The molecule has 2 fully saturated rings. The fraction of sp³-hybridized carbons (Fsp3) is 0.682. The molecule has 6 nitrogen and oxygen atoms in total. The van der Waals surface area contributed by atoms with E-state index in [1.54, 1.807) is 7.11 Å². The van der Waals surface area contributed by atoms with E-state index >= 15 is 0 Å². The molecule has 3 heterocycles. The number of hydrogen-bond donors (Lipinski definition) is 1. The Hall–Kier alpha value is -1.63. The molecule has 0 aromatic heterocycles. The standard InChI is InChI=1S/C22H32N2O4/c1-26-15-22(25)23-19-10-11-24-12-13-27-21-5-3-2-4-18(21)16-6-8-17(9-7-16)28-14-20(19)24/h2-5,16-17,19-20H,6-15H2,1H3,(H,23,25)/t16?,17?,19-,20?/m0/s1. The molecule has 1 N–H and O–H groups in total. The Morgan fingerprint density at radius 3 is 2.82 bits per heavy atom. The summed E-state index contributed by atoms with van der Waals surface area (Å²) in [4.78, 5) is 14.4. The van der Waals surface area contributed by atoms with E-state index in [9.17, 15) is 4.79 Å². The fourth-order valence-corrected chi connectivity index (χ4v) is 4.96. The number of nitrogens with one attached hydrogen (secondary N) is 1. The monoisotopic (exact) mass is 388 g/mol. The predicted octanol–water partition coefficient (Wildman–Crippen LogP) is 2.33. The SMILES string of the molecule is COCC(=O)N[C@H]1CCN2CCOc3ccccc3C3CCC(CC3)OCC12. The van der Waals surface area contributed by atoms with Crippen LogP contribution in [0.4, 0.5) is 0 Å². The van der Waals surface area contributed by atoms with Crippen molar-refractivity contribution in [3.05, 3.63) is 29.8 Å². The lowest BCUT2D eigenvalue weighted by Gasteiger charge is -2.32. The fourth-order valence-electron chi connectivity index (χ4n) is 4.96. The van der Waals surface area contributed by atoms with Crippen LogP contribution in [0.15, 0.2) is 24.3 Å². The summed E-state index contributed by atoms with van der Waals surface area (Å²) in [5, 5.41) is 3.14. The smallest absolute Gasteiger partial charge is 0.246 e. The summed E-state index contributed by atoms with van der Waals surface area (Å²) in [6.07, 6.45) is 5.73. The van der Waals surface area contributed by atoms with Crippen molar-refractivity contribution < 1.29 is 19.0 Å². The van der Waals surface area contributed by atoms with Crippen molar-refractivity contribution in [1.29, 1.82) is 0 Å². The van der Waals surface area contributed by atoms with Crippen molar-refractivity contribution in [3.8, 4) is 5.75 Å². The quantitative estimate of drug-likeness (QED) is 0.861. The van der Waals surface area contributed by atoms with Crippen LogP contribution in [-0.4, -0.2) is 69.0 Å². The zero-order chi connectivity index (χ0) is 19.3. The van der Waals surface area contributed by atoms with Crippen molar-refractivity contribution in [2.75, 3.05) is 40.0 Å². The number of nitrogens with zero attached hydrogens (tertiary/aromatic N) is 1. The first kappa shape index (κ1) is 19.7. The van der Waals surface area contributed by atoms with Crippen LogP contribution >= 0.6 is 0 Å². The van der Waals surface area contributed by atoms with Gasteiger partial charge in [0, 0.05) is 26.2 Å². The topological polar surface area (TPSA) is 60.0 Å². The molecule has 154 valence electrons. The van der Waals surface area contributed by atoms with Crippen LogP contribution < -0.4 is 10.1 Å². The molecule has 1 saturated heterocycles. The van der Waals surface area contributed by atoms with Gasteiger partial charge in [-0.05, 0) is 49.7 Å². The van der Waals surface area contributed by atoms with Crippen LogP contribution in [0.25, 0.3) is 0 Å². The molecule has 2 bridgehead atoms. The number of amides is 1. The van der Waals surface area contributed by atoms with Gasteiger partial charge in [-0.3, -0.25) is 9.69 Å². The first-order valence-electron chi connectivity index (χ1n) is 10.6. The summed E-state index contributed by atoms with van der Waals surface area (Å²) in [6, 6.07) is 8.81. The number of rotatable bonds is 3. The highest BCUT2D eigenvalue weighted by molar-refractivity contribution is 5.77. The largest absolute Gasteiger partial charge is 0.492 e. The molecule has 4 aliphatic rings. The van der Waals surface area contributed by atoms with Gasteiger partial charge in [-0.1, -0.05) is 18.2 Å². The molecule has 5 rings (SSSR count). The second-order valence-electron chi connectivity index (χ2n) is 8.19. The number of para-hydroxylation sites is 1. The summed E-state index contributed by atoms with van der Waals surface area (Å²) in [7, 11) is 1.55. The Morgan fingerprint density at radius 2 is 2.00 bits per heavy atom. The number of carbonyl (C=O) groups is 1. The molecule has 1 aliphatic carbocycles. The number of methoxy groups -OCH3 is 1. The van der Waals surface area contributed by atoms with E-state index in [2.05, 4.69) is 34.5 Å². The van der Waals surface area contributed by atoms with Gasteiger partial charge in [0.1, 0.15) is 19.0 Å². The number of benzene rings is 1. The van der Waals surface area contributed by atoms with Gasteiger partial charge in [-0.2, -0.15) is 0 Å². The average molecular weight is 389 g/mol. The third-order valence-corrected chi connectivity index (χ3v) is 6.45. The van der Waals surface area contributed by atoms with E-state index in [1.807, 2.05) is 0 Å². The molecular formula is C22H32N2O4. The zero-order valence-electron chi connectivity index (χ0n) is 16.8. The highest BCUT2D eigenvalue weighted by Gasteiger charge is 2.36. The Bertz CT molecular complexity index is 660. The maximum Gasteiger partial charge on any atom is 0.246 e. The third kappa shape index (κ3) is 4.50. The Morgan fingerprint density at radius 1 is 1.18 bits per heavy atom. The third-order valence-electron chi connectivity index (χ3n) is 6.45. The Labute approximate surface area is 167 Å². The van der Waals surface area contributed by atoms with Gasteiger partial charge in [0.25, 0.3) is 0 Å². The Balaban J connectivity index is 1.48. The number of hydrogen-bond acceptors (Lipinski definition) is 5. The van der Waals surface area contributed by atoms with Crippen LogP contribution in [0, 0.1) is 0 Å². The van der Waals surface area contributed by atoms with E-state index in [0.29, 0.717) is 25.2 Å². The molecule has 0 radical (unpaired) electrons. The molecule has 1 unspecified atom stereocenters. The molecule has 0 spiro atoms. The lowest BCUT2D eigenvalue weighted by Crippen LogP contribution is -2.49. The zero-order valence-corrected chi connectivity index (χ0v) is 16.8. The molecule has 2 atom stereocenters. The molecule has 28 heavy (non-hydrogen) atoms. The van der Waals surface area contributed by atoms with Gasteiger partial charge in [-0.25, -0.2) is 0 Å². The van der Waals surface area contributed by atoms with Gasteiger partial charge in [0.05, 0.1) is 18.8 Å². The van der Waals surface area contributed by atoms with Crippen LogP contribution in [0.2, 0.25) is 0 Å². The van der Waals surface area contributed by atoms with Crippen molar-refractivity contribution >= 4 is 5.91 Å². The predicted molar refractivity (Wildman–Crippen MR) is 107 cm³/mol. The van der Waals surface area contributed by atoms with Gasteiger partial charge in [0.15, 0.2) is 0 Å². The minimum atomic E-state index is -0.0528. The summed E-state index contributed by atoms with van der Waals surface area (Å²) in [5.74, 6) is 1.55.